The van der Waals surface area contributed by atoms with Crippen LogP contribution in [0.3, 0.4) is 0 Å². The van der Waals surface area contributed by atoms with Gasteiger partial charge in [-0.2, -0.15) is 5.10 Å². The Morgan fingerprint density at radius 1 is 1.04 bits per heavy atom. The zero-order valence-electron chi connectivity index (χ0n) is 14.4. The van der Waals surface area contributed by atoms with Gasteiger partial charge in [0.05, 0.1) is 12.6 Å². The van der Waals surface area contributed by atoms with Gasteiger partial charge in [-0.15, -0.1) is 0 Å². The Bertz CT molecular complexity index is 1050. The Balaban J connectivity index is 1.69. The first kappa shape index (κ1) is 16.6. The second kappa shape index (κ2) is 6.53. The van der Waals surface area contributed by atoms with Gasteiger partial charge in [-0.3, -0.25) is 9.36 Å². The van der Waals surface area contributed by atoms with Gasteiger partial charge in [0, 0.05) is 17.7 Å². The number of hydrogen-bond donors (Lipinski definition) is 0. The molecule has 5 rings (SSSR count). The van der Waals surface area contributed by atoms with E-state index in [-0.39, 0.29) is 17.9 Å². The highest BCUT2D eigenvalue weighted by Crippen LogP contribution is 2.34. The van der Waals surface area contributed by atoms with Gasteiger partial charge in [0.1, 0.15) is 6.10 Å². The number of fused-ring (bicyclic) bond motifs is 2. The van der Waals surface area contributed by atoms with Gasteiger partial charge in [0.2, 0.25) is 11.1 Å². The summed E-state index contributed by atoms with van der Waals surface area (Å²) in [5, 5.41) is 4.82. The molecule has 2 aliphatic heterocycles. The summed E-state index contributed by atoms with van der Waals surface area (Å²) in [4.78, 5) is 12.2. The van der Waals surface area contributed by atoms with E-state index < -0.39 is 6.29 Å². The molecule has 0 unspecified atom stereocenters. The molecule has 7 heteroatoms. The summed E-state index contributed by atoms with van der Waals surface area (Å²) in [6, 6.07) is 19.5. The Labute approximate surface area is 161 Å². The van der Waals surface area contributed by atoms with Gasteiger partial charge in [0.15, 0.2) is 11.6 Å². The summed E-state index contributed by atoms with van der Waals surface area (Å²) in [7, 11) is 0. The Morgan fingerprint density at radius 3 is 2.48 bits per heavy atom. The standard InChI is InChI=1S/C20H17N3O3S/c24-16-11-15(17-12-25-19(16)26-17)23-20(27)22(14-9-5-2-6-10-14)18(21-23)13-7-3-1-4-8-13/h1-10,15,17,19H,11-12H2/t15-,17+,19+/m0/s1. The van der Waals surface area contributed by atoms with Crippen molar-refractivity contribution in [3.05, 3.63) is 65.4 Å². The number of carbonyl (C=O) groups excluding carboxylic acids is 1. The van der Waals surface area contributed by atoms with Crippen molar-refractivity contribution < 1.29 is 14.3 Å². The fourth-order valence-corrected chi connectivity index (χ4v) is 4.02. The van der Waals surface area contributed by atoms with E-state index in [1.54, 1.807) is 4.68 Å². The first-order valence-corrected chi connectivity index (χ1v) is 9.25. The van der Waals surface area contributed by atoms with Gasteiger partial charge in [-0.05, 0) is 24.4 Å². The third kappa shape index (κ3) is 2.75. The number of para-hydroxylation sites is 1. The number of carbonyl (C=O) groups is 1. The lowest BCUT2D eigenvalue weighted by Gasteiger charge is -2.26. The molecule has 2 bridgehead atoms. The van der Waals surface area contributed by atoms with Crippen LogP contribution in [0, 0.1) is 4.77 Å². The van der Waals surface area contributed by atoms with Crippen molar-refractivity contribution in [2.24, 2.45) is 0 Å². The van der Waals surface area contributed by atoms with Crippen LogP contribution in [0.25, 0.3) is 17.1 Å². The van der Waals surface area contributed by atoms with Crippen LogP contribution in [-0.4, -0.2) is 39.1 Å². The maximum absolute atomic E-state index is 12.2. The molecule has 0 aliphatic carbocycles. The van der Waals surface area contributed by atoms with Crippen molar-refractivity contribution in [1.82, 2.24) is 14.3 Å². The largest absolute Gasteiger partial charge is 0.343 e. The summed E-state index contributed by atoms with van der Waals surface area (Å²) in [5.41, 5.74) is 1.88. The molecule has 1 aromatic heterocycles. The number of nitrogens with zero attached hydrogens (tertiary/aromatic N) is 3. The van der Waals surface area contributed by atoms with E-state index in [1.807, 2.05) is 65.2 Å². The predicted molar refractivity (Wildman–Crippen MR) is 101 cm³/mol. The summed E-state index contributed by atoms with van der Waals surface area (Å²) in [6.07, 6.45) is -0.642. The topological polar surface area (TPSA) is 58.3 Å². The molecule has 0 N–H and O–H groups in total. The minimum atomic E-state index is -0.731. The van der Waals surface area contributed by atoms with Gasteiger partial charge >= 0.3 is 0 Å². The lowest BCUT2D eigenvalue weighted by Crippen LogP contribution is -2.37. The van der Waals surface area contributed by atoms with Crippen molar-refractivity contribution in [2.45, 2.75) is 24.9 Å². The van der Waals surface area contributed by atoms with Crippen molar-refractivity contribution in [3.8, 4) is 17.1 Å². The minimum Gasteiger partial charge on any atom is -0.343 e. The molecular formula is C20H17N3O3S. The van der Waals surface area contributed by atoms with Gasteiger partial charge in [-0.1, -0.05) is 48.5 Å². The number of benzene rings is 2. The number of rotatable bonds is 3. The highest BCUT2D eigenvalue weighted by molar-refractivity contribution is 7.71. The summed E-state index contributed by atoms with van der Waals surface area (Å²) in [6.45, 7) is 0.377. The summed E-state index contributed by atoms with van der Waals surface area (Å²) in [5.74, 6) is 0.673. The van der Waals surface area contributed by atoms with Gasteiger partial charge in [-0.25, -0.2) is 4.68 Å². The highest BCUT2D eigenvalue weighted by atomic mass is 32.1. The van der Waals surface area contributed by atoms with Crippen LogP contribution >= 0.6 is 12.2 Å². The number of hydrogen-bond acceptors (Lipinski definition) is 5. The van der Waals surface area contributed by atoms with E-state index in [4.69, 9.17) is 26.8 Å². The van der Waals surface area contributed by atoms with E-state index in [2.05, 4.69) is 0 Å². The average Bonchev–Trinajstić information content (AvgIpc) is 3.29. The molecule has 0 amide bonds. The zero-order valence-corrected chi connectivity index (χ0v) is 15.2. The molecule has 2 fully saturated rings. The molecule has 0 spiro atoms. The smallest absolute Gasteiger partial charge is 0.218 e. The Morgan fingerprint density at radius 2 is 1.74 bits per heavy atom. The number of Topliss-reactive ketones (excluding diaryl/α,β-unsaturated/α-hetero) is 1. The molecule has 3 aromatic rings. The van der Waals surface area contributed by atoms with Crippen molar-refractivity contribution >= 4 is 18.0 Å². The van der Waals surface area contributed by atoms with Crippen LogP contribution in [0.2, 0.25) is 0 Å². The quantitative estimate of drug-likeness (QED) is 0.654. The van der Waals surface area contributed by atoms with Crippen LogP contribution in [0.4, 0.5) is 0 Å². The molecule has 6 nitrogen and oxygen atoms in total. The molecule has 27 heavy (non-hydrogen) atoms. The molecule has 2 aliphatic rings. The summed E-state index contributed by atoms with van der Waals surface area (Å²) < 4.78 is 15.4. The molecule has 0 radical (unpaired) electrons. The summed E-state index contributed by atoms with van der Waals surface area (Å²) >= 11 is 5.78. The van der Waals surface area contributed by atoms with Crippen molar-refractivity contribution in [3.63, 3.8) is 0 Å². The molecule has 3 heterocycles. The Hall–Kier alpha value is -2.61. The second-order valence-electron chi connectivity index (χ2n) is 6.67. The van der Waals surface area contributed by atoms with E-state index in [0.29, 0.717) is 17.8 Å². The SMILES string of the molecule is O=C1C[C@H](n2nc(-c3ccccc3)n(-c3ccccc3)c2=S)[C@H]2CO[C@@H]1O2. The lowest BCUT2D eigenvalue weighted by molar-refractivity contribution is -0.156. The minimum absolute atomic E-state index is 0.0637. The van der Waals surface area contributed by atoms with E-state index in [0.717, 1.165) is 17.1 Å². The van der Waals surface area contributed by atoms with E-state index >= 15 is 0 Å². The van der Waals surface area contributed by atoms with Crippen LogP contribution in [-0.2, 0) is 14.3 Å². The third-order valence-corrected chi connectivity index (χ3v) is 5.34. The Kier molecular flexibility index (Phi) is 4.00. The highest BCUT2D eigenvalue weighted by Gasteiger charge is 2.45. The molecule has 136 valence electrons. The maximum Gasteiger partial charge on any atom is 0.218 e. The molecule has 2 saturated heterocycles. The number of aromatic nitrogens is 3. The predicted octanol–water partition coefficient (Wildman–Crippen LogP) is 3.33. The van der Waals surface area contributed by atoms with Crippen LogP contribution in [0.1, 0.15) is 12.5 Å². The fraction of sp³-hybridized carbons (Fsp3) is 0.250. The van der Waals surface area contributed by atoms with Crippen LogP contribution < -0.4 is 0 Å². The maximum atomic E-state index is 12.2. The molecule has 3 atom stereocenters. The lowest BCUT2D eigenvalue weighted by atomic mass is 10.0. The normalized spacial score (nSPS) is 24.3. The average molecular weight is 379 g/mol. The zero-order chi connectivity index (χ0) is 18.4. The first-order chi connectivity index (χ1) is 13.2. The second-order valence-corrected chi connectivity index (χ2v) is 7.03. The fourth-order valence-electron chi connectivity index (χ4n) is 3.65. The third-order valence-electron chi connectivity index (χ3n) is 4.97. The number of ether oxygens (including phenoxy) is 2. The van der Waals surface area contributed by atoms with Crippen molar-refractivity contribution in [2.75, 3.05) is 6.61 Å². The number of ketones is 1. The molecule has 0 saturated carbocycles. The van der Waals surface area contributed by atoms with E-state index in [1.165, 1.54) is 0 Å². The monoisotopic (exact) mass is 379 g/mol. The molecule has 2 aromatic carbocycles. The first-order valence-electron chi connectivity index (χ1n) is 8.84. The molecular weight excluding hydrogens is 362 g/mol. The van der Waals surface area contributed by atoms with Crippen LogP contribution in [0.15, 0.2) is 60.7 Å². The van der Waals surface area contributed by atoms with Gasteiger partial charge in [0.25, 0.3) is 0 Å². The van der Waals surface area contributed by atoms with E-state index in [9.17, 15) is 4.79 Å². The van der Waals surface area contributed by atoms with Crippen LogP contribution in [0.5, 0.6) is 0 Å². The van der Waals surface area contributed by atoms with Crippen molar-refractivity contribution in [1.29, 1.82) is 0 Å². The van der Waals surface area contributed by atoms with Gasteiger partial charge < -0.3 is 9.47 Å².